The Morgan fingerprint density at radius 3 is 2.69 bits per heavy atom. The highest BCUT2D eigenvalue weighted by atomic mass is 35.5. The van der Waals surface area contributed by atoms with Gasteiger partial charge in [-0.3, -0.25) is 9.78 Å². The van der Waals surface area contributed by atoms with E-state index in [1.807, 2.05) is 0 Å². The Morgan fingerprint density at radius 1 is 1.19 bits per heavy atom. The number of carbonyl (C=O) groups is 1. The van der Waals surface area contributed by atoms with Crippen molar-refractivity contribution in [3.05, 3.63) is 59.9 Å². The lowest BCUT2D eigenvalue weighted by Gasteiger charge is -2.22. The maximum absolute atomic E-state index is 14.2. The predicted octanol–water partition coefficient (Wildman–Crippen LogP) is 4.09. The summed E-state index contributed by atoms with van der Waals surface area (Å²) in [6.45, 7) is 1.69. The van der Waals surface area contributed by atoms with Crippen molar-refractivity contribution in [3.63, 3.8) is 0 Å². The molecule has 0 aliphatic rings. The Morgan fingerprint density at radius 2 is 1.97 bits per heavy atom. The first-order chi connectivity index (χ1) is 17.0. The molecule has 3 N–H and O–H groups in total. The van der Waals surface area contributed by atoms with Crippen molar-refractivity contribution in [1.29, 1.82) is 0 Å². The van der Waals surface area contributed by atoms with Gasteiger partial charge in [-0.2, -0.15) is 5.10 Å². The first kappa shape index (κ1) is 25.5. The van der Waals surface area contributed by atoms with Gasteiger partial charge < -0.3 is 20.3 Å². The number of nitrogens with one attached hydrogen (secondary N) is 2. The van der Waals surface area contributed by atoms with Gasteiger partial charge in [-0.1, -0.05) is 11.6 Å². The third-order valence-electron chi connectivity index (χ3n) is 5.34. The second-order valence-electron chi connectivity index (χ2n) is 8.66. The minimum atomic E-state index is -2.53. The fraction of sp³-hybridized carbons (Fsp3) is 0.304. The number of halogens is 4. The SMILES string of the molecule is CC(C)(O)C(F)CNC(=O)c1cnc(-c2cnn3cc(Cl)cnc23)cc1Nc1ccn(CC(F)F)c1. The Bertz CT molecular complexity index is 1380. The molecule has 0 aliphatic heterocycles. The summed E-state index contributed by atoms with van der Waals surface area (Å²) in [4.78, 5) is 21.5. The van der Waals surface area contributed by atoms with E-state index >= 15 is 0 Å². The number of anilines is 2. The minimum Gasteiger partial charge on any atom is -0.387 e. The lowest BCUT2D eigenvalue weighted by molar-refractivity contribution is -0.00177. The van der Waals surface area contributed by atoms with Gasteiger partial charge in [0.25, 0.3) is 12.3 Å². The van der Waals surface area contributed by atoms with Crippen molar-refractivity contribution in [2.45, 2.75) is 38.6 Å². The van der Waals surface area contributed by atoms with Gasteiger partial charge in [0, 0.05) is 24.8 Å². The van der Waals surface area contributed by atoms with Crippen molar-refractivity contribution in [3.8, 4) is 11.3 Å². The number of fused-ring (bicyclic) bond motifs is 1. The summed E-state index contributed by atoms with van der Waals surface area (Å²) < 4.78 is 42.5. The number of pyridine rings is 1. The van der Waals surface area contributed by atoms with Gasteiger partial charge >= 0.3 is 0 Å². The largest absolute Gasteiger partial charge is 0.387 e. The zero-order chi connectivity index (χ0) is 26.0. The van der Waals surface area contributed by atoms with Crippen LogP contribution in [0.25, 0.3) is 16.9 Å². The van der Waals surface area contributed by atoms with Crippen LogP contribution in [0.5, 0.6) is 0 Å². The highest BCUT2D eigenvalue weighted by Crippen LogP contribution is 2.29. The molecule has 9 nitrogen and oxygen atoms in total. The monoisotopic (exact) mass is 521 g/mol. The molecule has 4 aromatic heterocycles. The van der Waals surface area contributed by atoms with E-state index < -0.39 is 37.2 Å². The second-order valence-corrected chi connectivity index (χ2v) is 9.09. The topological polar surface area (TPSA) is 109 Å². The van der Waals surface area contributed by atoms with E-state index in [1.165, 1.54) is 47.7 Å². The highest BCUT2D eigenvalue weighted by Gasteiger charge is 2.27. The molecule has 1 amide bonds. The molecule has 0 saturated heterocycles. The molecule has 190 valence electrons. The smallest absolute Gasteiger partial charge is 0.256 e. The minimum absolute atomic E-state index is 0.0794. The fourth-order valence-corrected chi connectivity index (χ4v) is 3.53. The number of aromatic nitrogens is 5. The average Bonchev–Trinajstić information content (AvgIpc) is 3.42. The predicted molar refractivity (Wildman–Crippen MR) is 128 cm³/mol. The van der Waals surface area contributed by atoms with E-state index in [1.54, 1.807) is 24.5 Å². The van der Waals surface area contributed by atoms with Crippen LogP contribution in [0.3, 0.4) is 0 Å². The Kier molecular flexibility index (Phi) is 7.18. The summed E-state index contributed by atoms with van der Waals surface area (Å²) in [6, 6.07) is 3.16. The summed E-state index contributed by atoms with van der Waals surface area (Å²) in [6.07, 6.45) is 4.61. The number of hydrogen-bond donors (Lipinski definition) is 3. The molecule has 1 atom stereocenters. The normalized spacial score (nSPS) is 12.8. The number of carbonyl (C=O) groups excluding carboxylic acids is 1. The van der Waals surface area contributed by atoms with Gasteiger partial charge in [-0.15, -0.1) is 0 Å². The molecule has 4 heterocycles. The lowest BCUT2D eigenvalue weighted by Crippen LogP contribution is -2.42. The van der Waals surface area contributed by atoms with Gasteiger partial charge in [0.1, 0.15) is 6.17 Å². The van der Waals surface area contributed by atoms with Gasteiger partial charge in [0.2, 0.25) is 0 Å². The van der Waals surface area contributed by atoms with Crippen molar-refractivity contribution < 1.29 is 23.1 Å². The zero-order valence-electron chi connectivity index (χ0n) is 19.3. The van der Waals surface area contributed by atoms with E-state index in [9.17, 15) is 23.1 Å². The quantitative estimate of drug-likeness (QED) is 0.306. The number of rotatable bonds is 9. The van der Waals surface area contributed by atoms with E-state index in [2.05, 4.69) is 25.7 Å². The number of nitrogens with zero attached hydrogens (tertiary/aromatic N) is 5. The first-order valence-corrected chi connectivity index (χ1v) is 11.2. The Labute approximate surface area is 208 Å². The van der Waals surface area contributed by atoms with E-state index in [0.29, 0.717) is 33.3 Å². The third kappa shape index (κ3) is 5.77. The fourth-order valence-electron chi connectivity index (χ4n) is 3.39. The highest BCUT2D eigenvalue weighted by molar-refractivity contribution is 6.30. The summed E-state index contributed by atoms with van der Waals surface area (Å²) in [5.41, 5.74) is 0.641. The number of hydrogen-bond acceptors (Lipinski definition) is 6. The van der Waals surface area contributed by atoms with Gasteiger partial charge in [0.15, 0.2) is 5.65 Å². The lowest BCUT2D eigenvalue weighted by atomic mass is 10.0. The van der Waals surface area contributed by atoms with E-state index in [4.69, 9.17) is 11.6 Å². The summed E-state index contributed by atoms with van der Waals surface area (Å²) in [5, 5.41) is 19.9. The maximum atomic E-state index is 14.2. The van der Waals surface area contributed by atoms with Crippen LogP contribution in [0, 0.1) is 0 Å². The maximum Gasteiger partial charge on any atom is 0.256 e. The standard InChI is InChI=1S/C23H23ClF3N7O2/c1-23(2,36)19(25)9-30-22(35)16-7-28-17(15-8-31-34-10-13(24)6-29-21(15)34)5-18(16)32-14-3-4-33(11-14)12-20(26)27/h3-8,10-11,19-20,36H,9,12H2,1-2H3,(H,28,32)(H,30,35). The van der Waals surface area contributed by atoms with E-state index in [0.717, 1.165) is 0 Å². The van der Waals surface area contributed by atoms with Crippen LogP contribution in [0.4, 0.5) is 24.5 Å². The van der Waals surface area contributed by atoms with Crippen LogP contribution >= 0.6 is 11.6 Å². The van der Waals surface area contributed by atoms with Crippen LogP contribution in [0.2, 0.25) is 5.02 Å². The summed E-state index contributed by atoms with van der Waals surface area (Å²) >= 11 is 5.97. The molecule has 4 aromatic rings. The zero-order valence-corrected chi connectivity index (χ0v) is 20.0. The molecule has 0 aliphatic carbocycles. The molecule has 0 spiro atoms. The first-order valence-electron chi connectivity index (χ1n) is 10.9. The molecule has 0 radical (unpaired) electrons. The van der Waals surface area contributed by atoms with Crippen LogP contribution in [0.1, 0.15) is 24.2 Å². The van der Waals surface area contributed by atoms with E-state index in [-0.39, 0.29) is 5.56 Å². The molecule has 0 saturated carbocycles. The molecule has 0 bridgehead atoms. The molecule has 0 fully saturated rings. The van der Waals surface area contributed by atoms with Crippen LogP contribution < -0.4 is 10.6 Å². The van der Waals surface area contributed by atoms with Crippen molar-refractivity contribution in [2.24, 2.45) is 0 Å². The number of amides is 1. The molecular weight excluding hydrogens is 499 g/mol. The van der Waals surface area contributed by atoms with Gasteiger partial charge in [0.05, 0.1) is 64.3 Å². The summed E-state index contributed by atoms with van der Waals surface area (Å²) in [7, 11) is 0. The second kappa shape index (κ2) is 10.2. The average molecular weight is 522 g/mol. The Hall–Kier alpha value is -3.64. The van der Waals surface area contributed by atoms with Crippen molar-refractivity contribution in [1.82, 2.24) is 29.5 Å². The molecule has 4 rings (SSSR count). The van der Waals surface area contributed by atoms with Crippen molar-refractivity contribution in [2.75, 3.05) is 11.9 Å². The molecule has 0 aromatic carbocycles. The summed E-state index contributed by atoms with van der Waals surface area (Å²) in [5.74, 6) is -0.639. The third-order valence-corrected chi connectivity index (χ3v) is 5.53. The van der Waals surface area contributed by atoms with Crippen LogP contribution in [-0.4, -0.2) is 59.9 Å². The van der Waals surface area contributed by atoms with Crippen LogP contribution in [0.15, 0.2) is 49.3 Å². The number of aliphatic hydroxyl groups is 1. The van der Waals surface area contributed by atoms with Gasteiger partial charge in [-0.05, 0) is 26.0 Å². The Balaban J connectivity index is 1.68. The molecule has 36 heavy (non-hydrogen) atoms. The molecular formula is C23H23ClF3N7O2. The van der Waals surface area contributed by atoms with Gasteiger partial charge in [-0.25, -0.2) is 22.7 Å². The number of alkyl halides is 3. The van der Waals surface area contributed by atoms with Crippen LogP contribution in [-0.2, 0) is 6.54 Å². The molecule has 13 heteroatoms. The van der Waals surface area contributed by atoms with Crippen molar-refractivity contribution >= 4 is 34.5 Å². The molecule has 1 unspecified atom stereocenters.